The maximum atomic E-state index is 11.1. The smallest absolute Gasteiger partial charge is 0.423 e. The molecular weight excluding hydrogens is 1940 g/mol. The van der Waals surface area contributed by atoms with Crippen molar-refractivity contribution in [1.82, 2.24) is 53.1 Å². The molecule has 0 amide bonds. The summed E-state index contributed by atoms with van der Waals surface area (Å²) in [6.07, 6.45) is 20.3. The summed E-state index contributed by atoms with van der Waals surface area (Å²) in [5.74, 6) is 2.58. The van der Waals surface area contributed by atoms with Crippen molar-refractivity contribution in [3.8, 4) is 89.4 Å². The second kappa shape index (κ2) is 40.0. The number of halogens is 4. The Morgan fingerprint density at radius 2 is 0.566 bits per heavy atom. The number of ketones is 1. The van der Waals surface area contributed by atoms with Gasteiger partial charge in [0.05, 0.1) is 22.4 Å². The highest BCUT2D eigenvalue weighted by atomic mass is 79.9. The fraction of sp³-hybridized carbons (Fsp3) is 0.00862. The lowest BCUT2D eigenvalue weighted by Crippen LogP contribution is -2.29. The van der Waals surface area contributed by atoms with Gasteiger partial charge < -0.3 is 15.8 Å². The van der Waals surface area contributed by atoms with Crippen molar-refractivity contribution in [2.45, 2.75) is 0 Å². The van der Waals surface area contributed by atoms with E-state index in [1.807, 2.05) is 147 Å². The molecule has 0 radical (unpaired) electrons. The van der Waals surface area contributed by atoms with E-state index < -0.39 is 7.12 Å². The average Bonchev–Trinajstić information content (AvgIpc) is 1.63. The molecule has 7 aromatic heterocycles. The molecule has 0 unspecified atom stereocenters. The van der Waals surface area contributed by atoms with Crippen molar-refractivity contribution in [3.63, 3.8) is 0 Å². The molecule has 25 aromatic rings. The number of carbonyl (C=O) groups excluding carboxylic acids is 1. The Bertz CT molecular complexity index is 8510. The lowest BCUT2D eigenvalue weighted by atomic mass is 9.77. The first-order chi connectivity index (χ1) is 66.7. The summed E-state index contributed by atoms with van der Waals surface area (Å²) in [5.41, 5.74) is 24.2. The number of hydrogen-bond acceptors (Lipinski definition) is 12. The van der Waals surface area contributed by atoms with Crippen LogP contribution >= 0.6 is 63.7 Å². The molecule has 4 N–H and O–H groups in total. The van der Waals surface area contributed by atoms with E-state index in [1.165, 1.54) is 97.8 Å². The first-order valence-corrected chi connectivity index (χ1v) is 47.4. The number of anilines is 1. The fourth-order valence-corrected chi connectivity index (χ4v) is 18.5. The number of imidazole rings is 3. The predicted octanol–water partition coefficient (Wildman–Crippen LogP) is 28.7. The van der Waals surface area contributed by atoms with Gasteiger partial charge in [-0.05, 0) is 238 Å². The van der Waals surface area contributed by atoms with Gasteiger partial charge in [0, 0.05) is 104 Å². The maximum absolute atomic E-state index is 11.1. The van der Waals surface area contributed by atoms with Gasteiger partial charge in [-0.2, -0.15) is 0 Å². The summed E-state index contributed by atoms with van der Waals surface area (Å²) in [6.45, 7) is 0. The van der Waals surface area contributed by atoms with Gasteiger partial charge in [-0.25, -0.2) is 39.9 Å². The Morgan fingerprint density at radius 1 is 0.279 bits per heavy atom. The van der Waals surface area contributed by atoms with Crippen LogP contribution in [0.4, 0.5) is 5.95 Å². The van der Waals surface area contributed by atoms with Crippen LogP contribution in [0.15, 0.2) is 458 Å². The molecule has 136 heavy (non-hydrogen) atoms. The number of benzene rings is 18. The average molecular weight is 2020 g/mol. The monoisotopic (exact) mass is 2010 g/mol. The second-order valence-corrected chi connectivity index (χ2v) is 35.7. The van der Waals surface area contributed by atoms with E-state index in [1.54, 1.807) is 49.2 Å². The quantitative estimate of drug-likeness (QED) is 0.0480. The van der Waals surface area contributed by atoms with Crippen molar-refractivity contribution in [2.75, 3.05) is 11.1 Å². The first kappa shape index (κ1) is 88.3. The molecule has 0 saturated heterocycles. The molecule has 0 aliphatic rings. The zero-order valence-electron chi connectivity index (χ0n) is 72.7. The van der Waals surface area contributed by atoms with Crippen LogP contribution in [0, 0.1) is 0 Å². The third kappa shape index (κ3) is 19.2. The van der Waals surface area contributed by atoms with Crippen LogP contribution < -0.4 is 11.2 Å². The summed E-state index contributed by atoms with van der Waals surface area (Å²) < 4.78 is 8.91. The molecule has 0 saturated carbocycles. The summed E-state index contributed by atoms with van der Waals surface area (Å²) in [4.78, 5) is 44.7. The summed E-state index contributed by atoms with van der Waals surface area (Å²) >= 11 is 13.2. The van der Waals surface area contributed by atoms with Crippen molar-refractivity contribution < 1.29 is 14.8 Å². The van der Waals surface area contributed by atoms with Crippen LogP contribution in [-0.2, 0) is 0 Å². The second-order valence-electron chi connectivity index (χ2n) is 32.4. The van der Waals surface area contributed by atoms with Crippen molar-refractivity contribution in [3.05, 3.63) is 463 Å². The van der Waals surface area contributed by atoms with Crippen LogP contribution in [0.25, 0.3) is 193 Å². The third-order valence-electron chi connectivity index (χ3n) is 23.9. The van der Waals surface area contributed by atoms with E-state index in [2.05, 4.69) is 359 Å². The van der Waals surface area contributed by atoms with Gasteiger partial charge in [-0.3, -0.25) is 18.0 Å². The topological polar surface area (TPSA) is 200 Å². The molecule has 0 bridgehead atoms. The number of Topliss-reactive ketones (excluding diaryl/α,β-unsaturated/α-hetero) is 1. The minimum atomic E-state index is -1.54. The molecule has 15 nitrogen and oxygen atoms in total. The largest absolute Gasteiger partial charge is 0.488 e. The molecule has 0 fully saturated rings. The number of alkyl halides is 1. The number of nitrogen functional groups attached to an aromatic ring is 1. The minimum Gasteiger partial charge on any atom is -0.423 e. The maximum Gasteiger partial charge on any atom is 0.488 e. The molecule has 652 valence electrons. The summed E-state index contributed by atoms with van der Waals surface area (Å²) in [5, 5.41) is 39.6. The Hall–Kier alpha value is -15.6. The number of nitrogens with zero attached hydrogens (tertiary/aromatic N) is 11. The molecule has 0 atom stereocenters. The number of carbonyl (C=O) groups is 1. The Kier molecular flexibility index (Phi) is 26.0. The fourth-order valence-electron chi connectivity index (χ4n) is 17.3. The molecule has 7 heterocycles. The highest BCUT2D eigenvalue weighted by Crippen LogP contribution is 2.48. The van der Waals surface area contributed by atoms with Crippen LogP contribution in [0.2, 0.25) is 0 Å². The standard InChI is InChI=1S/C46H29N3.C34H23BO2.2C12H8BrN3.C8H6Br2O.C4H5N3/c1-3-10-34-26-37(20-16-30(34)8-1)44-39-12-5-6-13-40(39)45(38-21-17-31-9-2-4-11-35(31)27-38)42-28-36(22-23-41(42)44)32-14-18-33(19-15-32)43-29-49-25-7-24-47-46(49)48-43;36-35(37)28-17-18-31-32(21-28)34(27-16-14-23-8-2-4-10-25(23)20-27)30-12-6-5-11-29(30)33(31)26-15-13-22-7-1-3-9-24(22)19-26;2*13-10-4-2-9(3-5-10)11-8-16-7-1-6-14-12(16)15-11;9-5-8(11)6-1-3-7(10)4-2-6;5-4-6-2-1-3-7-4/h1-29H;1-21,36-37H;2*1-8H;1-4H,5H2;1-3H,(H2,5,6,7). The Morgan fingerprint density at radius 3 is 0.904 bits per heavy atom. The third-order valence-corrected chi connectivity index (χ3v) is 26.0. The van der Waals surface area contributed by atoms with E-state index in [-0.39, 0.29) is 5.78 Å². The van der Waals surface area contributed by atoms with Gasteiger partial charge in [0.2, 0.25) is 23.3 Å². The van der Waals surface area contributed by atoms with Gasteiger partial charge in [0.1, 0.15) is 0 Å². The summed E-state index contributed by atoms with van der Waals surface area (Å²) in [7, 11) is -1.54. The van der Waals surface area contributed by atoms with Gasteiger partial charge in [0.25, 0.3) is 0 Å². The van der Waals surface area contributed by atoms with Gasteiger partial charge >= 0.3 is 7.12 Å². The normalized spacial score (nSPS) is 11.1. The van der Waals surface area contributed by atoms with Crippen LogP contribution in [0.5, 0.6) is 0 Å². The summed E-state index contributed by atoms with van der Waals surface area (Å²) in [6, 6.07) is 131. The molecule has 20 heteroatoms. The minimum absolute atomic E-state index is 0.109. The molecule has 25 rings (SSSR count). The van der Waals surface area contributed by atoms with Crippen LogP contribution in [0.1, 0.15) is 10.4 Å². The Labute approximate surface area is 816 Å². The molecular formula is C116H79BBr4N12O3. The zero-order chi connectivity index (χ0) is 92.5. The zero-order valence-corrected chi connectivity index (χ0v) is 79.1. The van der Waals surface area contributed by atoms with E-state index in [0.717, 1.165) is 108 Å². The lowest BCUT2D eigenvalue weighted by Gasteiger charge is -2.19. The van der Waals surface area contributed by atoms with Crippen molar-refractivity contribution >= 4 is 192 Å². The first-order valence-electron chi connectivity index (χ1n) is 43.9. The van der Waals surface area contributed by atoms with Gasteiger partial charge in [-0.15, -0.1) is 0 Å². The highest BCUT2D eigenvalue weighted by molar-refractivity contribution is 9.11. The number of rotatable bonds is 11. The molecule has 0 spiro atoms. The number of fused-ring (bicyclic) bond motifs is 11. The van der Waals surface area contributed by atoms with Crippen LogP contribution in [0.3, 0.4) is 0 Å². The van der Waals surface area contributed by atoms with Crippen LogP contribution in [-0.4, -0.2) is 81.4 Å². The highest BCUT2D eigenvalue weighted by Gasteiger charge is 2.23. The number of nitrogens with two attached hydrogens (primary N) is 1. The van der Waals surface area contributed by atoms with E-state index in [9.17, 15) is 14.8 Å². The number of hydrogen-bond donors (Lipinski definition) is 3. The van der Waals surface area contributed by atoms with E-state index >= 15 is 0 Å². The lowest BCUT2D eigenvalue weighted by molar-refractivity contribution is 0.102. The van der Waals surface area contributed by atoms with Crippen molar-refractivity contribution in [2.24, 2.45) is 0 Å². The van der Waals surface area contributed by atoms with Gasteiger partial charge in [-0.1, -0.05) is 349 Å². The molecule has 18 aromatic carbocycles. The molecule has 0 aliphatic heterocycles. The SMILES string of the molecule is Brc1ccc(-c2cn3cccnc3n2)cc1.Brc1ccc(-c2cn3cccnc3n2)cc1.Nc1ncccn1.O=C(CBr)c1ccc(Br)cc1.OB(O)c1ccc2c(-c3ccc4ccccc4c3)c3ccccc3c(-c3ccc4ccccc4c3)c2c1.c1ccc2cc(-c3c4ccccc4c(-c4ccc5ccccc5c4)c4cc(-c5ccc(-c6cn7cccnc7n6)cc5)ccc34)ccc2c1. The molecule has 0 aliphatic carbocycles. The Balaban J connectivity index is 0.000000114. The predicted molar refractivity (Wildman–Crippen MR) is 573 cm³/mol. The van der Waals surface area contributed by atoms with Crippen molar-refractivity contribution in [1.29, 1.82) is 0 Å². The van der Waals surface area contributed by atoms with E-state index in [0.29, 0.717) is 22.5 Å². The number of aromatic nitrogens is 11. The van der Waals surface area contributed by atoms with E-state index in [4.69, 9.17) is 10.7 Å². The van der Waals surface area contributed by atoms with Gasteiger partial charge in [0.15, 0.2) is 5.78 Å².